The van der Waals surface area contributed by atoms with E-state index < -0.39 is 0 Å². The van der Waals surface area contributed by atoms with Gasteiger partial charge in [-0.25, -0.2) is 0 Å². The minimum Gasteiger partial charge on any atom is -0.382 e. The Labute approximate surface area is 101 Å². The van der Waals surface area contributed by atoms with E-state index in [1.165, 1.54) is 45.1 Å². The lowest BCUT2D eigenvalue weighted by atomic mass is 9.70. The van der Waals surface area contributed by atoms with Crippen LogP contribution < -0.4 is 5.32 Å². The van der Waals surface area contributed by atoms with Crippen LogP contribution in [-0.2, 0) is 4.74 Å². The summed E-state index contributed by atoms with van der Waals surface area (Å²) in [6.07, 6.45) is 8.58. The lowest BCUT2D eigenvalue weighted by molar-refractivity contribution is 0.0441. The van der Waals surface area contributed by atoms with E-state index in [1.54, 1.807) is 0 Å². The molecule has 16 heavy (non-hydrogen) atoms. The van der Waals surface area contributed by atoms with Crippen molar-refractivity contribution < 1.29 is 4.74 Å². The maximum absolute atomic E-state index is 5.46. The summed E-state index contributed by atoms with van der Waals surface area (Å²) in [5, 5.41) is 3.63. The Bertz CT molecular complexity index is 185. The third kappa shape index (κ3) is 4.42. The Morgan fingerprint density at radius 1 is 1.12 bits per heavy atom. The van der Waals surface area contributed by atoms with Crippen LogP contribution in [0.4, 0.5) is 0 Å². The van der Waals surface area contributed by atoms with Crippen LogP contribution in [0.25, 0.3) is 0 Å². The molecule has 1 unspecified atom stereocenters. The van der Waals surface area contributed by atoms with Crippen molar-refractivity contribution in [3.05, 3.63) is 0 Å². The maximum atomic E-state index is 5.46. The zero-order chi connectivity index (χ0) is 12.0. The molecule has 0 heterocycles. The third-order valence-corrected chi connectivity index (χ3v) is 3.92. The van der Waals surface area contributed by atoms with Crippen molar-refractivity contribution in [3.63, 3.8) is 0 Å². The first kappa shape index (κ1) is 14.0. The van der Waals surface area contributed by atoms with Gasteiger partial charge in [0, 0.05) is 19.7 Å². The lowest BCUT2D eigenvalue weighted by Crippen LogP contribution is -2.41. The van der Waals surface area contributed by atoms with Gasteiger partial charge in [0.25, 0.3) is 0 Å². The Morgan fingerprint density at radius 3 is 2.25 bits per heavy atom. The predicted octanol–water partition coefficient (Wildman–Crippen LogP) is 3.36. The van der Waals surface area contributed by atoms with Gasteiger partial charge in [-0.3, -0.25) is 0 Å². The number of hydrogen-bond acceptors (Lipinski definition) is 2. The molecule has 0 amide bonds. The largest absolute Gasteiger partial charge is 0.382 e. The van der Waals surface area contributed by atoms with E-state index >= 15 is 0 Å². The van der Waals surface area contributed by atoms with Gasteiger partial charge in [0.05, 0.1) is 6.10 Å². The topological polar surface area (TPSA) is 21.3 Å². The van der Waals surface area contributed by atoms with Gasteiger partial charge in [-0.15, -0.1) is 0 Å². The number of ether oxygens (including phenoxy) is 1. The highest BCUT2D eigenvalue weighted by Gasteiger charge is 2.33. The van der Waals surface area contributed by atoms with Crippen LogP contribution in [0.15, 0.2) is 0 Å². The molecular formula is C14H29NO. The van der Waals surface area contributed by atoms with Crippen LogP contribution in [0.1, 0.15) is 59.3 Å². The minimum atomic E-state index is 0.395. The number of nitrogens with one attached hydrogen (secondary N) is 1. The third-order valence-electron chi connectivity index (χ3n) is 3.92. The first-order valence-electron chi connectivity index (χ1n) is 6.84. The molecule has 0 saturated heterocycles. The molecule has 0 aromatic carbocycles. The number of hydrogen-bond donors (Lipinski definition) is 1. The normalized spacial score (nSPS) is 22.3. The first-order chi connectivity index (χ1) is 7.58. The van der Waals surface area contributed by atoms with Crippen LogP contribution in [0.2, 0.25) is 0 Å². The van der Waals surface area contributed by atoms with Crippen molar-refractivity contribution in [2.75, 3.05) is 13.7 Å². The molecular weight excluding hydrogens is 198 g/mol. The quantitative estimate of drug-likeness (QED) is 0.751. The molecule has 1 atom stereocenters. The van der Waals surface area contributed by atoms with Gasteiger partial charge in [0.1, 0.15) is 0 Å². The van der Waals surface area contributed by atoms with E-state index in [2.05, 4.69) is 26.1 Å². The fourth-order valence-corrected chi connectivity index (χ4v) is 2.87. The van der Waals surface area contributed by atoms with Crippen molar-refractivity contribution in [2.45, 2.75) is 71.4 Å². The van der Waals surface area contributed by atoms with Crippen LogP contribution in [0.3, 0.4) is 0 Å². The van der Waals surface area contributed by atoms with E-state index in [0.29, 0.717) is 17.6 Å². The Morgan fingerprint density at radius 2 is 1.75 bits per heavy atom. The number of methoxy groups -OCH3 is 1. The van der Waals surface area contributed by atoms with Crippen LogP contribution in [0, 0.1) is 5.41 Å². The van der Waals surface area contributed by atoms with Crippen molar-refractivity contribution in [1.29, 1.82) is 0 Å². The summed E-state index contributed by atoms with van der Waals surface area (Å²) < 4.78 is 5.46. The number of rotatable bonds is 6. The van der Waals surface area contributed by atoms with Gasteiger partial charge in [-0.2, -0.15) is 0 Å². The van der Waals surface area contributed by atoms with Gasteiger partial charge in [-0.1, -0.05) is 33.1 Å². The second-order valence-corrected chi connectivity index (χ2v) is 5.85. The summed E-state index contributed by atoms with van der Waals surface area (Å²) in [5.41, 5.74) is 0.498. The van der Waals surface area contributed by atoms with Gasteiger partial charge in [0.2, 0.25) is 0 Å². The minimum absolute atomic E-state index is 0.395. The Hall–Kier alpha value is -0.0800. The monoisotopic (exact) mass is 227 g/mol. The molecule has 0 radical (unpaired) electrons. The van der Waals surface area contributed by atoms with Gasteiger partial charge in [-0.05, 0) is 31.6 Å². The summed E-state index contributed by atoms with van der Waals surface area (Å²) >= 11 is 0. The van der Waals surface area contributed by atoms with Gasteiger partial charge < -0.3 is 10.1 Å². The zero-order valence-electron chi connectivity index (χ0n) is 11.5. The smallest absolute Gasteiger partial charge is 0.0549 e. The predicted molar refractivity (Wildman–Crippen MR) is 69.7 cm³/mol. The molecule has 1 N–H and O–H groups in total. The lowest BCUT2D eigenvalue weighted by Gasteiger charge is -2.39. The van der Waals surface area contributed by atoms with Gasteiger partial charge in [0.15, 0.2) is 0 Å². The summed E-state index contributed by atoms with van der Waals surface area (Å²) in [7, 11) is 1.83. The van der Waals surface area contributed by atoms with Crippen molar-refractivity contribution in [3.8, 4) is 0 Å². The molecule has 1 rings (SSSR count). The van der Waals surface area contributed by atoms with E-state index in [0.717, 1.165) is 0 Å². The summed E-state index contributed by atoms with van der Waals surface area (Å²) in [6.45, 7) is 7.83. The first-order valence-corrected chi connectivity index (χ1v) is 6.84. The molecule has 0 bridgehead atoms. The molecule has 0 aromatic heterocycles. The van der Waals surface area contributed by atoms with Crippen molar-refractivity contribution in [2.24, 2.45) is 5.41 Å². The molecule has 2 heteroatoms. The van der Waals surface area contributed by atoms with E-state index in [1.807, 2.05) is 7.11 Å². The highest BCUT2D eigenvalue weighted by molar-refractivity contribution is 4.87. The molecule has 1 aliphatic carbocycles. The fraction of sp³-hybridized carbons (Fsp3) is 1.00. The second kappa shape index (κ2) is 6.61. The SMILES string of the molecule is COC(C)CC1(CNC(C)C)CCCCC1. The summed E-state index contributed by atoms with van der Waals surface area (Å²) in [4.78, 5) is 0. The van der Waals surface area contributed by atoms with Crippen LogP contribution in [0.5, 0.6) is 0 Å². The fourth-order valence-electron chi connectivity index (χ4n) is 2.87. The van der Waals surface area contributed by atoms with Crippen molar-refractivity contribution >= 4 is 0 Å². The molecule has 1 saturated carbocycles. The second-order valence-electron chi connectivity index (χ2n) is 5.85. The summed E-state index contributed by atoms with van der Waals surface area (Å²) in [5.74, 6) is 0. The molecule has 1 aliphatic rings. The summed E-state index contributed by atoms with van der Waals surface area (Å²) in [6, 6.07) is 0.594. The molecule has 0 aromatic rings. The highest BCUT2D eigenvalue weighted by atomic mass is 16.5. The van der Waals surface area contributed by atoms with E-state index in [-0.39, 0.29) is 0 Å². The zero-order valence-corrected chi connectivity index (χ0v) is 11.5. The van der Waals surface area contributed by atoms with Crippen LogP contribution in [-0.4, -0.2) is 25.8 Å². The maximum Gasteiger partial charge on any atom is 0.0549 e. The van der Waals surface area contributed by atoms with E-state index in [9.17, 15) is 0 Å². The van der Waals surface area contributed by atoms with Gasteiger partial charge >= 0.3 is 0 Å². The average molecular weight is 227 g/mol. The molecule has 2 nitrogen and oxygen atoms in total. The molecule has 0 aliphatic heterocycles. The Balaban J connectivity index is 2.52. The van der Waals surface area contributed by atoms with Crippen molar-refractivity contribution in [1.82, 2.24) is 5.32 Å². The Kier molecular flexibility index (Phi) is 5.77. The van der Waals surface area contributed by atoms with Crippen LogP contribution >= 0.6 is 0 Å². The molecule has 96 valence electrons. The highest BCUT2D eigenvalue weighted by Crippen LogP contribution is 2.40. The average Bonchev–Trinajstić information content (AvgIpc) is 2.28. The van der Waals surface area contributed by atoms with E-state index in [4.69, 9.17) is 4.74 Å². The standard InChI is InChI=1S/C14H29NO/c1-12(2)15-11-14(10-13(3)16-4)8-6-5-7-9-14/h12-13,15H,5-11H2,1-4H3. The molecule has 0 spiro atoms. The molecule has 1 fully saturated rings.